The highest BCUT2D eigenvalue weighted by Crippen LogP contribution is 2.22. The van der Waals surface area contributed by atoms with Gasteiger partial charge in [-0.3, -0.25) is 4.79 Å². The SMILES string of the molecule is CC[C@@H](C)NC(=O)Nc1cc(Cl)ccc1C(=O)N(C)C. The van der Waals surface area contributed by atoms with E-state index < -0.39 is 0 Å². The van der Waals surface area contributed by atoms with Gasteiger partial charge < -0.3 is 15.5 Å². The average molecular weight is 298 g/mol. The minimum atomic E-state index is -0.352. The second-order valence-corrected chi connectivity index (χ2v) is 5.23. The van der Waals surface area contributed by atoms with Crippen molar-refractivity contribution in [3.63, 3.8) is 0 Å². The first kappa shape index (κ1) is 16.3. The molecule has 0 radical (unpaired) electrons. The Morgan fingerprint density at radius 1 is 1.35 bits per heavy atom. The van der Waals surface area contributed by atoms with Crippen molar-refractivity contribution < 1.29 is 9.59 Å². The highest BCUT2D eigenvalue weighted by atomic mass is 35.5. The molecule has 110 valence electrons. The molecule has 1 atom stereocenters. The van der Waals surface area contributed by atoms with E-state index in [4.69, 9.17) is 11.6 Å². The van der Waals surface area contributed by atoms with Crippen LogP contribution in [0.2, 0.25) is 5.02 Å². The molecule has 0 fully saturated rings. The lowest BCUT2D eigenvalue weighted by Crippen LogP contribution is -2.36. The minimum Gasteiger partial charge on any atom is -0.345 e. The predicted octanol–water partition coefficient (Wildman–Crippen LogP) is 2.96. The number of carbonyl (C=O) groups is 2. The number of nitrogens with one attached hydrogen (secondary N) is 2. The van der Waals surface area contributed by atoms with Gasteiger partial charge in [0.2, 0.25) is 0 Å². The first-order chi connectivity index (χ1) is 9.35. The third-order valence-corrected chi connectivity index (χ3v) is 3.09. The van der Waals surface area contributed by atoms with Crippen molar-refractivity contribution in [3.8, 4) is 0 Å². The normalized spacial score (nSPS) is 11.7. The van der Waals surface area contributed by atoms with Gasteiger partial charge in [-0.25, -0.2) is 4.79 Å². The Labute approximate surface area is 124 Å². The molecule has 0 spiro atoms. The van der Waals surface area contributed by atoms with E-state index in [-0.39, 0.29) is 18.0 Å². The predicted molar refractivity (Wildman–Crippen MR) is 81.4 cm³/mol. The van der Waals surface area contributed by atoms with Crippen molar-refractivity contribution in [1.82, 2.24) is 10.2 Å². The lowest BCUT2D eigenvalue weighted by atomic mass is 10.1. The summed E-state index contributed by atoms with van der Waals surface area (Å²) in [5, 5.41) is 5.90. The molecule has 0 saturated heterocycles. The quantitative estimate of drug-likeness (QED) is 0.897. The third kappa shape index (κ3) is 4.42. The number of halogens is 1. The molecule has 0 aromatic heterocycles. The summed E-state index contributed by atoms with van der Waals surface area (Å²) < 4.78 is 0. The maximum atomic E-state index is 12.0. The maximum Gasteiger partial charge on any atom is 0.319 e. The van der Waals surface area contributed by atoms with Crippen LogP contribution in [0.5, 0.6) is 0 Å². The Morgan fingerprint density at radius 3 is 2.55 bits per heavy atom. The standard InChI is InChI=1S/C14H20ClN3O2/c1-5-9(2)16-14(20)17-12-8-10(15)6-7-11(12)13(19)18(3)4/h6-9H,5H2,1-4H3,(H2,16,17,20)/t9-/m1/s1. The van der Waals surface area contributed by atoms with Crippen molar-refractivity contribution in [2.24, 2.45) is 0 Å². The van der Waals surface area contributed by atoms with E-state index in [9.17, 15) is 9.59 Å². The highest BCUT2D eigenvalue weighted by Gasteiger charge is 2.16. The summed E-state index contributed by atoms with van der Waals surface area (Å²) in [4.78, 5) is 25.3. The molecule has 1 rings (SSSR count). The van der Waals surface area contributed by atoms with Crippen molar-refractivity contribution in [1.29, 1.82) is 0 Å². The number of carbonyl (C=O) groups excluding carboxylic acids is 2. The second-order valence-electron chi connectivity index (χ2n) is 4.80. The monoisotopic (exact) mass is 297 g/mol. The second kappa shape index (κ2) is 7.14. The van der Waals surface area contributed by atoms with Gasteiger partial charge >= 0.3 is 6.03 Å². The number of rotatable bonds is 4. The number of benzene rings is 1. The maximum absolute atomic E-state index is 12.0. The summed E-state index contributed by atoms with van der Waals surface area (Å²) in [7, 11) is 3.31. The highest BCUT2D eigenvalue weighted by molar-refractivity contribution is 6.31. The van der Waals surface area contributed by atoms with Gasteiger partial charge in [0.05, 0.1) is 11.3 Å². The van der Waals surface area contributed by atoms with Crippen LogP contribution in [0.1, 0.15) is 30.6 Å². The van der Waals surface area contributed by atoms with Gasteiger partial charge in [-0.15, -0.1) is 0 Å². The topological polar surface area (TPSA) is 61.4 Å². The number of anilines is 1. The number of hydrogen-bond acceptors (Lipinski definition) is 2. The molecule has 0 bridgehead atoms. The van der Waals surface area contributed by atoms with E-state index in [1.165, 1.54) is 4.90 Å². The molecule has 6 heteroatoms. The van der Waals surface area contributed by atoms with Gasteiger partial charge in [0.1, 0.15) is 0 Å². The molecule has 5 nitrogen and oxygen atoms in total. The first-order valence-electron chi connectivity index (χ1n) is 6.43. The Kier molecular flexibility index (Phi) is 5.82. The molecule has 2 N–H and O–H groups in total. The van der Waals surface area contributed by atoms with Crippen molar-refractivity contribution in [2.45, 2.75) is 26.3 Å². The molecule has 0 aliphatic rings. The molecule has 0 unspecified atom stereocenters. The summed E-state index contributed by atoms with van der Waals surface area (Å²) in [6.45, 7) is 3.88. The number of amides is 3. The fraction of sp³-hybridized carbons (Fsp3) is 0.429. The summed E-state index contributed by atoms with van der Waals surface area (Å²) in [5.74, 6) is -0.194. The lowest BCUT2D eigenvalue weighted by molar-refractivity contribution is 0.0828. The zero-order valence-corrected chi connectivity index (χ0v) is 12.9. The molecule has 3 amide bonds. The first-order valence-corrected chi connectivity index (χ1v) is 6.81. The van der Waals surface area contributed by atoms with Crippen LogP contribution < -0.4 is 10.6 Å². The van der Waals surface area contributed by atoms with Crippen LogP contribution in [-0.4, -0.2) is 37.0 Å². The summed E-state index contributed by atoms with van der Waals surface area (Å²) in [6, 6.07) is 4.49. The average Bonchev–Trinajstić information content (AvgIpc) is 2.37. The Bertz CT molecular complexity index is 503. The molecule has 0 heterocycles. The third-order valence-electron chi connectivity index (χ3n) is 2.86. The van der Waals surface area contributed by atoms with Gasteiger partial charge in [-0.05, 0) is 31.5 Å². The zero-order chi connectivity index (χ0) is 15.3. The lowest BCUT2D eigenvalue weighted by Gasteiger charge is -2.17. The molecule has 20 heavy (non-hydrogen) atoms. The van der Waals surface area contributed by atoms with Gasteiger partial charge in [0.15, 0.2) is 0 Å². The van der Waals surface area contributed by atoms with Crippen LogP contribution in [0.3, 0.4) is 0 Å². The van der Waals surface area contributed by atoms with Crippen LogP contribution in [0.4, 0.5) is 10.5 Å². The smallest absolute Gasteiger partial charge is 0.319 e. The van der Waals surface area contributed by atoms with E-state index in [0.29, 0.717) is 16.3 Å². The number of nitrogens with zero attached hydrogens (tertiary/aromatic N) is 1. The van der Waals surface area contributed by atoms with Crippen molar-refractivity contribution in [2.75, 3.05) is 19.4 Å². The molecular weight excluding hydrogens is 278 g/mol. The van der Waals surface area contributed by atoms with Crippen LogP contribution in [0.25, 0.3) is 0 Å². The molecule has 1 aromatic carbocycles. The molecule has 0 saturated carbocycles. The van der Waals surface area contributed by atoms with Crippen molar-refractivity contribution in [3.05, 3.63) is 28.8 Å². The zero-order valence-electron chi connectivity index (χ0n) is 12.2. The van der Waals surface area contributed by atoms with Crippen LogP contribution in [-0.2, 0) is 0 Å². The Balaban J connectivity index is 2.95. The Morgan fingerprint density at radius 2 is 2.00 bits per heavy atom. The molecule has 0 aliphatic carbocycles. The van der Waals surface area contributed by atoms with E-state index in [2.05, 4.69) is 10.6 Å². The van der Waals surface area contributed by atoms with E-state index in [1.54, 1.807) is 32.3 Å². The molecule has 1 aromatic rings. The summed E-state index contributed by atoms with van der Waals surface area (Å²) in [6.07, 6.45) is 0.826. The fourth-order valence-corrected chi connectivity index (χ4v) is 1.70. The fourth-order valence-electron chi connectivity index (χ4n) is 1.53. The van der Waals surface area contributed by atoms with Crippen LogP contribution in [0, 0.1) is 0 Å². The summed E-state index contributed by atoms with van der Waals surface area (Å²) >= 11 is 5.92. The molecular formula is C14H20ClN3O2. The van der Waals surface area contributed by atoms with Crippen molar-refractivity contribution >= 4 is 29.2 Å². The number of hydrogen-bond donors (Lipinski definition) is 2. The van der Waals surface area contributed by atoms with E-state index >= 15 is 0 Å². The van der Waals surface area contributed by atoms with Gasteiger partial charge in [-0.2, -0.15) is 0 Å². The number of urea groups is 1. The van der Waals surface area contributed by atoms with Crippen LogP contribution in [0.15, 0.2) is 18.2 Å². The van der Waals surface area contributed by atoms with Gasteiger partial charge in [-0.1, -0.05) is 18.5 Å². The van der Waals surface area contributed by atoms with Crippen LogP contribution >= 0.6 is 11.6 Å². The minimum absolute atomic E-state index is 0.0576. The largest absolute Gasteiger partial charge is 0.345 e. The van der Waals surface area contributed by atoms with E-state index in [0.717, 1.165) is 6.42 Å². The van der Waals surface area contributed by atoms with Gasteiger partial charge in [0.25, 0.3) is 5.91 Å². The Hall–Kier alpha value is -1.75. The summed E-state index contributed by atoms with van der Waals surface area (Å²) in [5.41, 5.74) is 0.802. The van der Waals surface area contributed by atoms with Gasteiger partial charge in [0, 0.05) is 25.2 Å². The van der Waals surface area contributed by atoms with E-state index in [1.807, 2.05) is 13.8 Å². The molecule has 0 aliphatic heterocycles.